The molecule has 0 N–H and O–H groups in total. The molecule has 9 heteroatoms. The monoisotopic (exact) mass is 686 g/mol. The van der Waals surface area contributed by atoms with Crippen molar-refractivity contribution in [2.75, 3.05) is 12.4 Å². The fourth-order valence-electron chi connectivity index (χ4n) is 4.86. The number of carbonyl (C=O) groups is 2. The molecule has 0 aliphatic carbocycles. The summed E-state index contributed by atoms with van der Waals surface area (Å²) >= 11 is 0. The van der Waals surface area contributed by atoms with Crippen LogP contribution >= 0.6 is 0 Å². The van der Waals surface area contributed by atoms with Gasteiger partial charge in [-0.05, 0) is 116 Å². The quantitative estimate of drug-likeness (QED) is 0.0545. The number of unbranched alkanes of at least 4 members (excludes halogenated alkanes) is 5. The van der Waals surface area contributed by atoms with E-state index in [2.05, 4.69) is 13.8 Å². The summed E-state index contributed by atoms with van der Waals surface area (Å²) < 4.78 is 47.8. The number of benzene rings is 4. The maximum atomic E-state index is 12.7. The summed E-state index contributed by atoms with van der Waals surface area (Å²) in [5.41, 5.74) is 0.557. The van der Waals surface area contributed by atoms with Crippen molar-refractivity contribution in [3.05, 3.63) is 108 Å². The molecule has 4 aromatic rings. The van der Waals surface area contributed by atoms with Gasteiger partial charge in [0.2, 0.25) is 0 Å². The summed E-state index contributed by atoms with van der Waals surface area (Å²) in [6, 6.07) is 25.8. The normalized spacial score (nSPS) is 11.8. The summed E-state index contributed by atoms with van der Waals surface area (Å²) in [6.45, 7) is 6.96. The van der Waals surface area contributed by atoms with Crippen molar-refractivity contribution in [2.45, 2.75) is 77.0 Å². The lowest BCUT2D eigenvalue weighted by atomic mass is 10.1. The maximum Gasteiger partial charge on any atom is 0.343 e. The number of ether oxygens (including phenoxy) is 4. The van der Waals surface area contributed by atoms with Crippen LogP contribution in [0.2, 0.25) is 0 Å². The van der Waals surface area contributed by atoms with Crippen molar-refractivity contribution < 1.29 is 37.0 Å². The molecule has 0 aliphatic rings. The summed E-state index contributed by atoms with van der Waals surface area (Å²) in [4.78, 5) is 25.7. The zero-order valence-electron chi connectivity index (χ0n) is 28.6. The van der Waals surface area contributed by atoms with Crippen LogP contribution in [-0.4, -0.2) is 32.7 Å². The van der Waals surface area contributed by atoms with Gasteiger partial charge in [0.25, 0.3) is 0 Å². The van der Waals surface area contributed by atoms with Crippen molar-refractivity contribution in [3.63, 3.8) is 0 Å². The SMILES string of the molecule is CCCCCCCCOc1ccc(OC(=O)c2ccc(C(=O)Oc3ccc(Oc4ccc(S(=O)(=O)CCC(C)CC)cc4)cc3)cc2)cc1. The van der Waals surface area contributed by atoms with Crippen LogP contribution in [0.15, 0.2) is 102 Å². The second-order valence-electron chi connectivity index (χ2n) is 12.1. The van der Waals surface area contributed by atoms with Crippen molar-refractivity contribution in [3.8, 4) is 28.7 Å². The zero-order valence-corrected chi connectivity index (χ0v) is 29.4. The van der Waals surface area contributed by atoms with Crippen molar-refractivity contribution in [1.82, 2.24) is 0 Å². The third-order valence-electron chi connectivity index (χ3n) is 8.19. The van der Waals surface area contributed by atoms with Crippen LogP contribution in [-0.2, 0) is 9.84 Å². The van der Waals surface area contributed by atoms with E-state index in [1.54, 1.807) is 72.8 Å². The lowest BCUT2D eigenvalue weighted by Gasteiger charge is -2.10. The van der Waals surface area contributed by atoms with Crippen LogP contribution in [0.4, 0.5) is 0 Å². The lowest BCUT2D eigenvalue weighted by molar-refractivity contribution is 0.0720. The summed E-state index contributed by atoms with van der Waals surface area (Å²) in [6.07, 6.45) is 8.75. The Hall–Kier alpha value is -4.63. The van der Waals surface area contributed by atoms with E-state index in [1.807, 2.05) is 6.92 Å². The molecule has 4 rings (SSSR count). The Morgan fingerprint density at radius 3 is 1.55 bits per heavy atom. The van der Waals surface area contributed by atoms with Gasteiger partial charge in [-0.2, -0.15) is 0 Å². The molecule has 0 fully saturated rings. The van der Waals surface area contributed by atoms with E-state index in [9.17, 15) is 18.0 Å². The molecule has 0 saturated heterocycles. The van der Waals surface area contributed by atoms with Gasteiger partial charge in [-0.1, -0.05) is 59.3 Å². The maximum absolute atomic E-state index is 12.7. The molecule has 260 valence electrons. The highest BCUT2D eigenvalue weighted by molar-refractivity contribution is 7.91. The smallest absolute Gasteiger partial charge is 0.343 e. The highest BCUT2D eigenvalue weighted by Crippen LogP contribution is 2.26. The fraction of sp³-hybridized carbons (Fsp3) is 0.350. The molecule has 0 bridgehead atoms. The summed E-state index contributed by atoms with van der Waals surface area (Å²) in [5.74, 6) is 1.73. The first kappa shape index (κ1) is 37.2. The Bertz CT molecular complexity index is 1710. The van der Waals surface area contributed by atoms with Gasteiger partial charge in [-0.15, -0.1) is 0 Å². The van der Waals surface area contributed by atoms with E-state index < -0.39 is 21.8 Å². The van der Waals surface area contributed by atoms with Crippen LogP contribution in [0.3, 0.4) is 0 Å². The molecule has 0 heterocycles. The second-order valence-corrected chi connectivity index (χ2v) is 14.2. The molecule has 1 unspecified atom stereocenters. The zero-order chi connectivity index (χ0) is 35.1. The van der Waals surface area contributed by atoms with Gasteiger partial charge in [-0.3, -0.25) is 0 Å². The van der Waals surface area contributed by atoms with E-state index in [0.29, 0.717) is 41.9 Å². The van der Waals surface area contributed by atoms with Gasteiger partial charge in [0.05, 0.1) is 28.4 Å². The number of sulfone groups is 1. The van der Waals surface area contributed by atoms with Gasteiger partial charge in [0.15, 0.2) is 9.84 Å². The molecule has 49 heavy (non-hydrogen) atoms. The largest absolute Gasteiger partial charge is 0.494 e. The predicted octanol–water partition coefficient (Wildman–Crippen LogP) is 9.87. The highest BCUT2D eigenvalue weighted by Gasteiger charge is 2.16. The Morgan fingerprint density at radius 1 is 0.592 bits per heavy atom. The predicted molar refractivity (Wildman–Crippen MR) is 191 cm³/mol. The van der Waals surface area contributed by atoms with Gasteiger partial charge < -0.3 is 18.9 Å². The van der Waals surface area contributed by atoms with E-state index in [1.165, 1.54) is 49.9 Å². The van der Waals surface area contributed by atoms with Crippen LogP contribution in [0.1, 0.15) is 92.9 Å². The van der Waals surface area contributed by atoms with Gasteiger partial charge in [-0.25, -0.2) is 18.0 Å². The first-order valence-corrected chi connectivity index (χ1v) is 18.7. The van der Waals surface area contributed by atoms with Gasteiger partial charge in [0, 0.05) is 0 Å². The molecule has 1 atom stereocenters. The third-order valence-corrected chi connectivity index (χ3v) is 9.95. The minimum absolute atomic E-state index is 0.115. The minimum Gasteiger partial charge on any atom is -0.494 e. The number of hydrogen-bond acceptors (Lipinski definition) is 8. The molecule has 0 radical (unpaired) electrons. The van der Waals surface area contributed by atoms with Crippen molar-refractivity contribution in [2.24, 2.45) is 5.92 Å². The van der Waals surface area contributed by atoms with E-state index in [-0.39, 0.29) is 21.8 Å². The van der Waals surface area contributed by atoms with Crippen LogP contribution < -0.4 is 18.9 Å². The Labute approximate surface area is 290 Å². The van der Waals surface area contributed by atoms with Gasteiger partial charge >= 0.3 is 11.9 Å². The molecule has 8 nitrogen and oxygen atoms in total. The van der Waals surface area contributed by atoms with Crippen LogP contribution in [0, 0.1) is 5.92 Å². The molecule has 0 spiro atoms. The Kier molecular flexibility index (Phi) is 14.3. The number of rotatable bonds is 19. The summed E-state index contributed by atoms with van der Waals surface area (Å²) in [5, 5.41) is 0. The minimum atomic E-state index is -3.35. The topological polar surface area (TPSA) is 105 Å². The van der Waals surface area contributed by atoms with E-state index in [4.69, 9.17) is 18.9 Å². The molecular formula is C40H46O8S. The van der Waals surface area contributed by atoms with Gasteiger partial charge in [0.1, 0.15) is 28.7 Å². The lowest BCUT2D eigenvalue weighted by Crippen LogP contribution is -2.11. The highest BCUT2D eigenvalue weighted by atomic mass is 32.2. The number of esters is 2. The second kappa shape index (κ2) is 18.8. The molecule has 4 aromatic carbocycles. The van der Waals surface area contributed by atoms with Crippen molar-refractivity contribution >= 4 is 21.8 Å². The van der Waals surface area contributed by atoms with Crippen LogP contribution in [0.25, 0.3) is 0 Å². The molecule has 0 aromatic heterocycles. The average molecular weight is 687 g/mol. The van der Waals surface area contributed by atoms with E-state index in [0.717, 1.165) is 25.0 Å². The first-order chi connectivity index (χ1) is 23.7. The summed E-state index contributed by atoms with van der Waals surface area (Å²) in [7, 11) is -3.35. The number of carbonyl (C=O) groups excluding carboxylic acids is 2. The molecular weight excluding hydrogens is 640 g/mol. The van der Waals surface area contributed by atoms with E-state index >= 15 is 0 Å². The molecule has 0 aliphatic heterocycles. The average Bonchev–Trinajstić information content (AvgIpc) is 3.12. The Morgan fingerprint density at radius 2 is 1.04 bits per heavy atom. The third kappa shape index (κ3) is 12.1. The standard InChI is InChI=1S/C40H46O8S/c1-4-6-7-8-9-10-28-45-33-15-17-36(18-16-33)47-39(41)31-11-13-32(14-12-31)40(42)48-37-21-19-34(20-22-37)46-35-23-25-38(26-24-35)49(43,44)29-27-30(3)5-2/h11-26,30H,4-10,27-29H2,1-3H3. The van der Waals surface area contributed by atoms with Crippen molar-refractivity contribution in [1.29, 1.82) is 0 Å². The fourth-order valence-corrected chi connectivity index (χ4v) is 6.35. The first-order valence-electron chi connectivity index (χ1n) is 17.0. The Balaban J connectivity index is 1.22. The number of hydrogen-bond donors (Lipinski definition) is 0. The molecule has 0 amide bonds. The molecule has 0 saturated carbocycles. The van der Waals surface area contributed by atoms with Crippen LogP contribution in [0.5, 0.6) is 28.7 Å².